The summed E-state index contributed by atoms with van der Waals surface area (Å²) in [5.74, 6) is -0.485. The molecule has 0 saturated carbocycles. The molecule has 0 saturated heterocycles. The first-order valence-electron chi connectivity index (χ1n) is 9.92. The van der Waals surface area contributed by atoms with Gasteiger partial charge >= 0.3 is 0 Å². The summed E-state index contributed by atoms with van der Waals surface area (Å²) >= 11 is 0. The zero-order chi connectivity index (χ0) is 19.7. The Morgan fingerprint density at radius 1 is 0.923 bits per heavy atom. The van der Waals surface area contributed by atoms with Crippen LogP contribution in [-0.2, 0) is 14.9 Å². The average Bonchev–Trinajstić information content (AvgIpc) is 2.57. The van der Waals surface area contributed by atoms with E-state index < -0.39 is 21.2 Å². The molecule has 6 heteroatoms. The Kier molecular flexibility index (Phi) is 15.6. The van der Waals surface area contributed by atoms with Crippen LogP contribution < -0.4 is 5.73 Å². The molecule has 0 aromatic carbocycles. The van der Waals surface area contributed by atoms with E-state index in [0.29, 0.717) is 6.42 Å². The van der Waals surface area contributed by atoms with Crippen molar-refractivity contribution in [3.05, 3.63) is 24.3 Å². The SMILES string of the molecule is CCCCC/C=C\C/C=C\CCCCCCCC(=O)C(CN)S(=O)(=O)O. The summed E-state index contributed by atoms with van der Waals surface area (Å²) < 4.78 is 31.0. The van der Waals surface area contributed by atoms with Crippen LogP contribution in [0.15, 0.2) is 24.3 Å². The molecule has 26 heavy (non-hydrogen) atoms. The fourth-order valence-corrected chi connectivity index (χ4v) is 3.38. The molecule has 0 radical (unpaired) electrons. The Morgan fingerprint density at radius 2 is 1.46 bits per heavy atom. The van der Waals surface area contributed by atoms with Gasteiger partial charge in [-0.25, -0.2) is 0 Å². The molecule has 3 N–H and O–H groups in total. The highest BCUT2D eigenvalue weighted by Crippen LogP contribution is 2.11. The third-order valence-electron chi connectivity index (χ3n) is 4.31. The summed E-state index contributed by atoms with van der Waals surface area (Å²) in [6.45, 7) is 1.85. The zero-order valence-corrected chi connectivity index (χ0v) is 17.1. The lowest BCUT2D eigenvalue weighted by Crippen LogP contribution is -2.36. The first-order chi connectivity index (χ1) is 12.4. The zero-order valence-electron chi connectivity index (χ0n) is 16.2. The lowest BCUT2D eigenvalue weighted by atomic mass is 10.1. The topological polar surface area (TPSA) is 97.5 Å². The minimum atomic E-state index is -4.37. The van der Waals surface area contributed by atoms with E-state index in [2.05, 4.69) is 31.2 Å². The number of nitrogens with two attached hydrogens (primary N) is 1. The van der Waals surface area contributed by atoms with Gasteiger partial charge in [0.1, 0.15) is 0 Å². The Morgan fingerprint density at radius 3 is 2.00 bits per heavy atom. The number of carbonyl (C=O) groups is 1. The van der Waals surface area contributed by atoms with E-state index in [1.807, 2.05) is 0 Å². The highest BCUT2D eigenvalue weighted by atomic mass is 32.2. The van der Waals surface area contributed by atoms with Crippen LogP contribution in [0.2, 0.25) is 0 Å². The van der Waals surface area contributed by atoms with Gasteiger partial charge in [0.25, 0.3) is 10.1 Å². The van der Waals surface area contributed by atoms with Crippen LogP contribution in [0.3, 0.4) is 0 Å². The molecular weight excluding hydrogens is 350 g/mol. The molecule has 0 bridgehead atoms. The number of rotatable bonds is 17. The van der Waals surface area contributed by atoms with E-state index in [0.717, 1.165) is 38.5 Å². The molecule has 1 atom stereocenters. The van der Waals surface area contributed by atoms with Gasteiger partial charge in [-0.15, -0.1) is 0 Å². The minimum absolute atomic E-state index is 0.159. The number of hydrogen-bond donors (Lipinski definition) is 2. The molecule has 0 aliphatic heterocycles. The Bertz CT molecular complexity index is 512. The lowest BCUT2D eigenvalue weighted by Gasteiger charge is -2.09. The normalized spacial score (nSPS) is 13.7. The van der Waals surface area contributed by atoms with Crippen molar-refractivity contribution in [2.45, 2.75) is 89.2 Å². The van der Waals surface area contributed by atoms with Crippen molar-refractivity contribution in [3.8, 4) is 0 Å². The van der Waals surface area contributed by atoms with E-state index in [4.69, 9.17) is 10.3 Å². The first kappa shape index (κ1) is 25.0. The van der Waals surface area contributed by atoms with E-state index >= 15 is 0 Å². The van der Waals surface area contributed by atoms with Gasteiger partial charge in [-0.2, -0.15) is 8.42 Å². The summed E-state index contributed by atoms with van der Waals surface area (Å²) in [7, 11) is -4.37. The molecule has 1 unspecified atom stereocenters. The van der Waals surface area contributed by atoms with Crippen LogP contribution in [0.5, 0.6) is 0 Å². The quantitative estimate of drug-likeness (QED) is 0.216. The van der Waals surface area contributed by atoms with Gasteiger partial charge in [-0.1, -0.05) is 63.3 Å². The smallest absolute Gasteiger partial charge is 0.276 e. The third kappa shape index (κ3) is 14.2. The molecule has 5 nitrogen and oxygen atoms in total. The number of carbonyl (C=O) groups excluding carboxylic acids is 1. The van der Waals surface area contributed by atoms with Gasteiger partial charge in [0, 0.05) is 13.0 Å². The van der Waals surface area contributed by atoms with Crippen LogP contribution in [0, 0.1) is 0 Å². The van der Waals surface area contributed by atoms with Gasteiger partial charge in [-0.05, 0) is 38.5 Å². The largest absolute Gasteiger partial charge is 0.329 e. The maximum absolute atomic E-state index is 11.7. The van der Waals surface area contributed by atoms with E-state index in [9.17, 15) is 13.2 Å². The van der Waals surface area contributed by atoms with Gasteiger partial charge < -0.3 is 5.73 Å². The number of unbranched alkanes of at least 4 members (excludes halogenated alkanes) is 8. The molecule has 0 aromatic rings. The lowest BCUT2D eigenvalue weighted by molar-refractivity contribution is -0.118. The van der Waals surface area contributed by atoms with Gasteiger partial charge in [0.05, 0.1) is 0 Å². The predicted octanol–water partition coefficient (Wildman–Crippen LogP) is 4.58. The summed E-state index contributed by atoms with van der Waals surface area (Å²) in [6.07, 6.45) is 21.0. The van der Waals surface area contributed by atoms with Crippen molar-refractivity contribution >= 4 is 15.9 Å². The standard InChI is InChI=1S/C20H37NO4S/c1-2-3-4-5-6-7-8-9-10-11-12-13-14-15-16-17-19(22)20(18-21)26(23,24)25/h6-7,9-10,20H,2-5,8,11-18,21H2,1H3,(H,23,24,25)/b7-6-,10-9-. The molecule has 0 amide bonds. The number of ketones is 1. The van der Waals surface area contributed by atoms with Crippen molar-refractivity contribution in [2.24, 2.45) is 5.73 Å². The minimum Gasteiger partial charge on any atom is -0.329 e. The molecule has 0 heterocycles. The second-order valence-electron chi connectivity index (χ2n) is 6.69. The third-order valence-corrected chi connectivity index (χ3v) is 5.48. The van der Waals surface area contributed by atoms with Crippen LogP contribution in [0.1, 0.15) is 84.0 Å². The fourth-order valence-electron chi connectivity index (χ4n) is 2.69. The molecule has 0 aliphatic rings. The second kappa shape index (κ2) is 16.2. The van der Waals surface area contributed by atoms with Crippen LogP contribution in [-0.4, -0.2) is 30.5 Å². The summed E-state index contributed by atoms with van der Waals surface area (Å²) in [4.78, 5) is 11.7. The van der Waals surface area contributed by atoms with Crippen LogP contribution in [0.4, 0.5) is 0 Å². The fraction of sp³-hybridized carbons (Fsp3) is 0.750. The van der Waals surface area contributed by atoms with Crippen molar-refractivity contribution < 1.29 is 17.8 Å². The van der Waals surface area contributed by atoms with E-state index in [1.165, 1.54) is 25.7 Å². The number of Topliss-reactive ketones (excluding diaryl/α,β-unsaturated/α-hetero) is 1. The highest BCUT2D eigenvalue weighted by Gasteiger charge is 2.28. The monoisotopic (exact) mass is 387 g/mol. The van der Waals surface area contributed by atoms with Crippen molar-refractivity contribution in [1.29, 1.82) is 0 Å². The molecule has 0 spiro atoms. The molecule has 0 fully saturated rings. The number of allylic oxidation sites excluding steroid dienone is 4. The molecule has 0 aliphatic carbocycles. The molecule has 152 valence electrons. The van der Waals surface area contributed by atoms with Gasteiger partial charge in [0.15, 0.2) is 11.0 Å². The van der Waals surface area contributed by atoms with Gasteiger partial charge in [0.2, 0.25) is 0 Å². The maximum atomic E-state index is 11.7. The summed E-state index contributed by atoms with van der Waals surface area (Å²) in [5.41, 5.74) is 5.25. The van der Waals surface area contributed by atoms with Crippen LogP contribution in [0.25, 0.3) is 0 Å². The molecular formula is C20H37NO4S. The molecule has 0 aromatic heterocycles. The second-order valence-corrected chi connectivity index (χ2v) is 8.29. The summed E-state index contributed by atoms with van der Waals surface area (Å²) in [6, 6.07) is 0. The average molecular weight is 388 g/mol. The number of hydrogen-bond acceptors (Lipinski definition) is 4. The van der Waals surface area contributed by atoms with Gasteiger partial charge in [-0.3, -0.25) is 9.35 Å². The van der Waals surface area contributed by atoms with Crippen molar-refractivity contribution in [2.75, 3.05) is 6.54 Å². The first-order valence-corrected chi connectivity index (χ1v) is 11.4. The maximum Gasteiger partial charge on any atom is 0.276 e. The molecule has 0 rings (SSSR count). The van der Waals surface area contributed by atoms with E-state index in [-0.39, 0.29) is 13.0 Å². The van der Waals surface area contributed by atoms with Crippen LogP contribution >= 0.6 is 0 Å². The predicted molar refractivity (Wildman–Crippen MR) is 109 cm³/mol. The highest BCUT2D eigenvalue weighted by molar-refractivity contribution is 7.87. The Balaban J connectivity index is 3.56. The van der Waals surface area contributed by atoms with E-state index in [1.54, 1.807) is 0 Å². The summed E-state index contributed by atoms with van der Waals surface area (Å²) in [5, 5.41) is -1.46. The Labute approximate surface area is 159 Å². The Hall–Kier alpha value is -0.980. The van der Waals surface area contributed by atoms with Crippen molar-refractivity contribution in [1.82, 2.24) is 0 Å². The van der Waals surface area contributed by atoms with Crippen molar-refractivity contribution in [3.63, 3.8) is 0 Å².